The van der Waals surface area contributed by atoms with Crippen LogP contribution >= 0.6 is 11.3 Å². The molecule has 0 spiro atoms. The molecule has 0 bridgehead atoms. The Labute approximate surface area is 135 Å². The Morgan fingerprint density at radius 3 is 2.91 bits per heavy atom. The van der Waals surface area contributed by atoms with Gasteiger partial charge in [0, 0.05) is 31.5 Å². The summed E-state index contributed by atoms with van der Waals surface area (Å²) in [6.07, 6.45) is 5.36. The van der Waals surface area contributed by atoms with Gasteiger partial charge >= 0.3 is 6.03 Å². The molecule has 0 fully saturated rings. The van der Waals surface area contributed by atoms with Gasteiger partial charge in [-0.15, -0.1) is 0 Å². The molecule has 120 valence electrons. The van der Waals surface area contributed by atoms with E-state index in [-0.39, 0.29) is 18.1 Å². The van der Waals surface area contributed by atoms with Gasteiger partial charge in [-0.1, -0.05) is 0 Å². The monoisotopic (exact) mass is 321 g/mol. The molecule has 2 atom stereocenters. The second-order valence-electron chi connectivity index (χ2n) is 5.55. The molecule has 0 aliphatic rings. The van der Waals surface area contributed by atoms with Gasteiger partial charge in [0.1, 0.15) is 0 Å². The molecule has 2 aromatic rings. The van der Waals surface area contributed by atoms with Gasteiger partial charge in [-0.25, -0.2) is 9.78 Å². The molecule has 0 radical (unpaired) electrons. The number of hydrogen-bond donors (Lipinski definition) is 2. The summed E-state index contributed by atoms with van der Waals surface area (Å²) >= 11 is 1.67. The zero-order valence-corrected chi connectivity index (χ0v) is 14.0. The SMILES string of the molecule is C[C@@H](Cn1ccnc1)NC(=O)NC[C@H](c1ccsc1)N(C)C. The third-order valence-electron chi connectivity index (χ3n) is 3.43. The van der Waals surface area contributed by atoms with E-state index in [2.05, 4.69) is 37.3 Å². The maximum atomic E-state index is 12.0. The van der Waals surface area contributed by atoms with Crippen molar-refractivity contribution in [2.75, 3.05) is 20.6 Å². The van der Waals surface area contributed by atoms with Gasteiger partial charge in [0.05, 0.1) is 12.4 Å². The number of nitrogens with zero attached hydrogens (tertiary/aromatic N) is 3. The minimum Gasteiger partial charge on any atom is -0.336 e. The fourth-order valence-electron chi connectivity index (χ4n) is 2.28. The highest BCUT2D eigenvalue weighted by atomic mass is 32.1. The van der Waals surface area contributed by atoms with Gasteiger partial charge in [-0.3, -0.25) is 0 Å². The standard InChI is InChI=1S/C15H23N5OS/c1-12(9-20-6-5-16-11-20)18-15(21)17-8-14(19(2)3)13-4-7-22-10-13/h4-7,10-12,14H,8-9H2,1-3H3,(H2,17,18,21)/t12-,14+/m0/s1. The number of likely N-dealkylation sites (N-methyl/N-ethyl adjacent to an activating group) is 1. The molecule has 22 heavy (non-hydrogen) atoms. The summed E-state index contributed by atoms with van der Waals surface area (Å²) in [5.74, 6) is 0. The van der Waals surface area contributed by atoms with Crippen LogP contribution in [0.3, 0.4) is 0 Å². The molecule has 2 amide bonds. The minimum absolute atomic E-state index is 0.0353. The second kappa shape index (κ2) is 7.95. The van der Waals surface area contributed by atoms with Gasteiger partial charge in [-0.05, 0) is 43.4 Å². The first-order valence-electron chi connectivity index (χ1n) is 7.25. The number of rotatable bonds is 7. The van der Waals surface area contributed by atoms with Crippen molar-refractivity contribution < 1.29 is 4.79 Å². The van der Waals surface area contributed by atoms with E-state index >= 15 is 0 Å². The van der Waals surface area contributed by atoms with Crippen molar-refractivity contribution in [1.29, 1.82) is 0 Å². The number of amides is 2. The third-order valence-corrected chi connectivity index (χ3v) is 4.13. The van der Waals surface area contributed by atoms with Crippen LogP contribution in [0.5, 0.6) is 0 Å². The number of carbonyl (C=O) groups is 1. The maximum Gasteiger partial charge on any atom is 0.315 e. The summed E-state index contributed by atoms with van der Waals surface area (Å²) in [7, 11) is 4.03. The van der Waals surface area contributed by atoms with Crippen molar-refractivity contribution in [3.05, 3.63) is 41.1 Å². The van der Waals surface area contributed by atoms with E-state index in [1.165, 1.54) is 5.56 Å². The van der Waals surface area contributed by atoms with Crippen LogP contribution in [-0.2, 0) is 6.54 Å². The van der Waals surface area contributed by atoms with Crippen LogP contribution in [0.1, 0.15) is 18.5 Å². The Hall–Kier alpha value is -1.86. The van der Waals surface area contributed by atoms with Crippen LogP contribution in [0.2, 0.25) is 0 Å². The third kappa shape index (κ3) is 4.85. The van der Waals surface area contributed by atoms with E-state index < -0.39 is 0 Å². The number of thiophene rings is 1. The van der Waals surface area contributed by atoms with Crippen LogP contribution in [0, 0.1) is 0 Å². The number of carbonyl (C=O) groups excluding carboxylic acids is 1. The normalized spacial score (nSPS) is 13.8. The van der Waals surface area contributed by atoms with E-state index in [1.54, 1.807) is 23.9 Å². The zero-order valence-electron chi connectivity index (χ0n) is 13.2. The van der Waals surface area contributed by atoms with E-state index in [0.29, 0.717) is 13.1 Å². The molecular weight excluding hydrogens is 298 g/mol. The Balaban J connectivity index is 1.78. The highest BCUT2D eigenvalue weighted by Crippen LogP contribution is 2.19. The smallest absolute Gasteiger partial charge is 0.315 e. The lowest BCUT2D eigenvalue weighted by Gasteiger charge is -2.24. The Bertz CT molecular complexity index is 553. The van der Waals surface area contributed by atoms with Crippen molar-refractivity contribution in [1.82, 2.24) is 25.1 Å². The van der Waals surface area contributed by atoms with E-state index in [9.17, 15) is 4.79 Å². The number of aromatic nitrogens is 2. The molecule has 2 heterocycles. The zero-order chi connectivity index (χ0) is 15.9. The molecular formula is C15H23N5OS. The molecule has 2 rings (SSSR count). The lowest BCUT2D eigenvalue weighted by molar-refractivity contribution is 0.229. The van der Waals surface area contributed by atoms with Crippen molar-refractivity contribution in [2.45, 2.75) is 25.6 Å². The lowest BCUT2D eigenvalue weighted by atomic mass is 10.1. The molecule has 0 aliphatic carbocycles. The predicted molar refractivity (Wildman–Crippen MR) is 89.0 cm³/mol. The molecule has 0 saturated heterocycles. The summed E-state index contributed by atoms with van der Waals surface area (Å²) in [5, 5.41) is 10.1. The van der Waals surface area contributed by atoms with Crippen LogP contribution in [-0.4, -0.2) is 47.2 Å². The molecule has 0 aliphatic heterocycles. The summed E-state index contributed by atoms with van der Waals surface area (Å²) in [4.78, 5) is 18.1. The fourth-order valence-corrected chi connectivity index (χ4v) is 2.99. The number of imidazole rings is 1. The fraction of sp³-hybridized carbons (Fsp3) is 0.467. The quantitative estimate of drug-likeness (QED) is 0.819. The van der Waals surface area contributed by atoms with Crippen molar-refractivity contribution in [3.8, 4) is 0 Å². The largest absolute Gasteiger partial charge is 0.336 e. The summed E-state index contributed by atoms with van der Waals surface area (Å²) in [6, 6.07) is 2.17. The van der Waals surface area contributed by atoms with Crippen molar-refractivity contribution >= 4 is 17.4 Å². The second-order valence-corrected chi connectivity index (χ2v) is 6.33. The predicted octanol–water partition coefficient (Wildman–Crippen LogP) is 1.94. The Morgan fingerprint density at radius 1 is 1.50 bits per heavy atom. The lowest BCUT2D eigenvalue weighted by Crippen LogP contribution is -2.45. The minimum atomic E-state index is -0.144. The summed E-state index contributed by atoms with van der Waals surface area (Å²) < 4.78 is 1.94. The highest BCUT2D eigenvalue weighted by Gasteiger charge is 2.16. The molecule has 0 unspecified atom stereocenters. The van der Waals surface area contributed by atoms with Gasteiger partial charge in [0.15, 0.2) is 0 Å². The molecule has 0 saturated carbocycles. The highest BCUT2D eigenvalue weighted by molar-refractivity contribution is 7.07. The van der Waals surface area contributed by atoms with E-state index in [1.807, 2.05) is 31.8 Å². The van der Waals surface area contributed by atoms with Crippen LogP contribution in [0.25, 0.3) is 0 Å². The van der Waals surface area contributed by atoms with E-state index in [4.69, 9.17) is 0 Å². The molecule has 0 aromatic carbocycles. The number of nitrogens with one attached hydrogen (secondary N) is 2. The first-order chi connectivity index (χ1) is 10.6. The molecule has 2 N–H and O–H groups in total. The first kappa shape index (κ1) is 16.5. The molecule has 6 nitrogen and oxygen atoms in total. The summed E-state index contributed by atoms with van der Waals surface area (Å²) in [5.41, 5.74) is 1.22. The average Bonchev–Trinajstić information content (AvgIpc) is 3.11. The number of hydrogen-bond acceptors (Lipinski definition) is 4. The van der Waals surface area contributed by atoms with Gasteiger partial charge in [-0.2, -0.15) is 11.3 Å². The molecule has 2 aromatic heterocycles. The topological polar surface area (TPSA) is 62.2 Å². The Kier molecular flexibility index (Phi) is 5.97. The first-order valence-corrected chi connectivity index (χ1v) is 8.19. The van der Waals surface area contributed by atoms with Gasteiger partial charge in [0.25, 0.3) is 0 Å². The van der Waals surface area contributed by atoms with E-state index in [0.717, 1.165) is 0 Å². The van der Waals surface area contributed by atoms with Crippen LogP contribution < -0.4 is 10.6 Å². The van der Waals surface area contributed by atoms with Crippen molar-refractivity contribution in [3.63, 3.8) is 0 Å². The molecule has 7 heteroatoms. The number of urea groups is 1. The summed E-state index contributed by atoms with van der Waals surface area (Å²) in [6.45, 7) is 3.25. The van der Waals surface area contributed by atoms with Crippen LogP contribution in [0.15, 0.2) is 35.5 Å². The maximum absolute atomic E-state index is 12.0. The van der Waals surface area contributed by atoms with Crippen molar-refractivity contribution in [2.24, 2.45) is 0 Å². The van der Waals surface area contributed by atoms with Crippen LogP contribution in [0.4, 0.5) is 4.79 Å². The Morgan fingerprint density at radius 2 is 2.32 bits per heavy atom. The average molecular weight is 321 g/mol. The van der Waals surface area contributed by atoms with Gasteiger partial charge in [0.2, 0.25) is 0 Å². The van der Waals surface area contributed by atoms with Gasteiger partial charge < -0.3 is 20.1 Å².